The summed E-state index contributed by atoms with van der Waals surface area (Å²) in [6, 6.07) is 0. The topological polar surface area (TPSA) is 81.8 Å². The highest BCUT2D eigenvalue weighted by atomic mass is 16.2. The normalized spacial score (nSPS) is 10.3. The first-order chi connectivity index (χ1) is 8.59. The molecular formula is C11H13N5O2. The fourth-order valence-electron chi connectivity index (χ4n) is 1.59. The molecule has 7 nitrogen and oxygen atoms in total. The van der Waals surface area contributed by atoms with Crippen LogP contribution in [0.15, 0.2) is 34.5 Å². The number of hydrogen-bond donors (Lipinski definition) is 1. The van der Waals surface area contributed by atoms with Crippen molar-refractivity contribution in [2.45, 2.75) is 6.54 Å². The molecule has 0 atom stereocenters. The molecule has 7 heteroatoms. The van der Waals surface area contributed by atoms with Crippen molar-refractivity contribution in [1.29, 1.82) is 0 Å². The number of nitrogens with one attached hydrogen (secondary N) is 1. The number of nitrogens with zero attached hydrogens (tertiary/aromatic N) is 4. The highest BCUT2D eigenvalue weighted by Crippen LogP contribution is 2.01. The smallest absolute Gasteiger partial charge is 0.330 e. The number of rotatable bonds is 3. The average Bonchev–Trinajstić information content (AvgIpc) is 2.40. The van der Waals surface area contributed by atoms with Gasteiger partial charge in [-0.25, -0.2) is 14.8 Å². The van der Waals surface area contributed by atoms with E-state index in [1.807, 2.05) is 0 Å². The summed E-state index contributed by atoms with van der Waals surface area (Å²) in [6.07, 6.45) is 6.18. The average molecular weight is 247 g/mol. The van der Waals surface area contributed by atoms with Crippen LogP contribution in [0.4, 0.5) is 5.69 Å². The molecule has 0 bridgehead atoms. The van der Waals surface area contributed by atoms with Gasteiger partial charge in [-0.1, -0.05) is 0 Å². The molecule has 0 aliphatic carbocycles. The third-order valence-electron chi connectivity index (χ3n) is 2.56. The lowest BCUT2D eigenvalue weighted by Gasteiger charge is -2.08. The van der Waals surface area contributed by atoms with E-state index in [0.29, 0.717) is 17.8 Å². The molecular weight excluding hydrogens is 234 g/mol. The molecule has 0 aliphatic rings. The van der Waals surface area contributed by atoms with Crippen molar-refractivity contribution >= 4 is 5.69 Å². The van der Waals surface area contributed by atoms with E-state index in [0.717, 1.165) is 4.57 Å². The molecule has 0 amide bonds. The lowest BCUT2D eigenvalue weighted by molar-refractivity contribution is 0.671. The van der Waals surface area contributed by atoms with Crippen LogP contribution in [0.3, 0.4) is 0 Å². The maximum atomic E-state index is 11.8. The van der Waals surface area contributed by atoms with Gasteiger partial charge in [0.15, 0.2) is 0 Å². The lowest BCUT2D eigenvalue weighted by atomic mass is 10.3. The second-order valence-electron chi connectivity index (χ2n) is 3.89. The molecule has 0 saturated heterocycles. The Morgan fingerprint density at radius 2 is 1.89 bits per heavy atom. The van der Waals surface area contributed by atoms with E-state index in [2.05, 4.69) is 15.3 Å². The molecule has 2 rings (SSSR count). The first-order valence-electron chi connectivity index (χ1n) is 5.34. The highest BCUT2D eigenvalue weighted by molar-refractivity contribution is 5.37. The SMILES string of the molecule is Cn1cc(CNc2cncnc2)c(=O)n(C)c1=O. The minimum atomic E-state index is -0.341. The summed E-state index contributed by atoms with van der Waals surface area (Å²) in [5, 5.41) is 3.02. The monoisotopic (exact) mass is 247 g/mol. The van der Waals surface area contributed by atoms with Gasteiger partial charge >= 0.3 is 5.69 Å². The number of aryl methyl sites for hydroxylation is 1. The Kier molecular flexibility index (Phi) is 3.22. The van der Waals surface area contributed by atoms with E-state index >= 15 is 0 Å². The summed E-state index contributed by atoms with van der Waals surface area (Å²) in [7, 11) is 3.07. The quantitative estimate of drug-likeness (QED) is 0.789. The Bertz CT molecular complexity index is 659. The second-order valence-corrected chi connectivity index (χ2v) is 3.89. The van der Waals surface area contributed by atoms with Gasteiger partial charge in [-0.05, 0) is 0 Å². The molecule has 0 saturated carbocycles. The molecule has 0 unspecified atom stereocenters. The van der Waals surface area contributed by atoms with Crippen LogP contribution >= 0.6 is 0 Å². The lowest BCUT2D eigenvalue weighted by Crippen LogP contribution is -2.38. The van der Waals surface area contributed by atoms with Crippen LogP contribution in [-0.2, 0) is 20.6 Å². The molecule has 18 heavy (non-hydrogen) atoms. The Morgan fingerprint density at radius 3 is 2.56 bits per heavy atom. The Balaban J connectivity index is 2.26. The van der Waals surface area contributed by atoms with Gasteiger partial charge in [-0.2, -0.15) is 0 Å². The summed E-state index contributed by atoms with van der Waals surface area (Å²) < 4.78 is 2.46. The molecule has 0 aliphatic heterocycles. The zero-order valence-electron chi connectivity index (χ0n) is 10.1. The molecule has 0 fully saturated rings. The first kappa shape index (κ1) is 12.0. The molecule has 2 heterocycles. The van der Waals surface area contributed by atoms with E-state index < -0.39 is 0 Å². The van der Waals surface area contributed by atoms with E-state index in [1.165, 1.54) is 24.1 Å². The minimum Gasteiger partial charge on any atom is -0.378 e. The van der Waals surface area contributed by atoms with Crippen LogP contribution in [0.1, 0.15) is 5.56 Å². The van der Waals surface area contributed by atoms with Crippen molar-refractivity contribution in [3.63, 3.8) is 0 Å². The van der Waals surface area contributed by atoms with Crippen LogP contribution in [0.5, 0.6) is 0 Å². The fourth-order valence-corrected chi connectivity index (χ4v) is 1.59. The third-order valence-corrected chi connectivity index (χ3v) is 2.56. The Hall–Kier alpha value is -2.44. The summed E-state index contributed by atoms with van der Waals surface area (Å²) in [6.45, 7) is 0.314. The fraction of sp³-hybridized carbons (Fsp3) is 0.273. The maximum Gasteiger partial charge on any atom is 0.330 e. The number of aromatic nitrogens is 4. The van der Waals surface area contributed by atoms with E-state index in [9.17, 15) is 9.59 Å². The summed E-state index contributed by atoms with van der Waals surface area (Å²) in [5.74, 6) is 0. The van der Waals surface area contributed by atoms with Gasteiger partial charge in [-0.3, -0.25) is 9.36 Å². The van der Waals surface area contributed by atoms with Gasteiger partial charge < -0.3 is 9.88 Å². The molecule has 0 radical (unpaired) electrons. The molecule has 2 aromatic rings. The molecule has 94 valence electrons. The zero-order chi connectivity index (χ0) is 13.1. The van der Waals surface area contributed by atoms with Crippen molar-refractivity contribution in [1.82, 2.24) is 19.1 Å². The van der Waals surface area contributed by atoms with Crippen molar-refractivity contribution < 1.29 is 0 Å². The molecule has 1 N–H and O–H groups in total. The standard InChI is InChI=1S/C11H13N5O2/c1-15-6-8(10(17)16(2)11(15)18)3-14-9-4-12-7-13-5-9/h4-7,14H,3H2,1-2H3. The highest BCUT2D eigenvalue weighted by Gasteiger charge is 2.06. The van der Waals surface area contributed by atoms with Crippen LogP contribution in [0.25, 0.3) is 0 Å². The predicted molar refractivity (Wildman–Crippen MR) is 66.3 cm³/mol. The van der Waals surface area contributed by atoms with E-state index in [1.54, 1.807) is 19.4 Å². The largest absolute Gasteiger partial charge is 0.378 e. The number of anilines is 1. The van der Waals surface area contributed by atoms with E-state index in [-0.39, 0.29) is 11.2 Å². The summed E-state index contributed by atoms with van der Waals surface area (Å²) in [4.78, 5) is 31.1. The van der Waals surface area contributed by atoms with Gasteiger partial charge in [0.2, 0.25) is 0 Å². The van der Waals surface area contributed by atoms with Gasteiger partial charge in [0, 0.05) is 26.8 Å². The van der Waals surface area contributed by atoms with Crippen LogP contribution in [0, 0.1) is 0 Å². The predicted octanol–water partition coefficient (Wildman–Crippen LogP) is -0.514. The third kappa shape index (κ3) is 2.29. The van der Waals surface area contributed by atoms with Gasteiger partial charge in [0.25, 0.3) is 5.56 Å². The first-order valence-corrected chi connectivity index (χ1v) is 5.34. The minimum absolute atomic E-state index is 0.303. The van der Waals surface area contributed by atoms with Gasteiger partial charge in [-0.15, -0.1) is 0 Å². The van der Waals surface area contributed by atoms with Crippen molar-refractivity contribution in [3.8, 4) is 0 Å². The van der Waals surface area contributed by atoms with Crippen molar-refractivity contribution in [2.24, 2.45) is 14.1 Å². The molecule has 0 spiro atoms. The molecule has 0 aromatic carbocycles. The second kappa shape index (κ2) is 4.82. The van der Waals surface area contributed by atoms with Crippen LogP contribution in [-0.4, -0.2) is 19.1 Å². The van der Waals surface area contributed by atoms with Crippen molar-refractivity contribution in [2.75, 3.05) is 5.32 Å². The Morgan fingerprint density at radius 1 is 1.22 bits per heavy atom. The van der Waals surface area contributed by atoms with Crippen LogP contribution in [0.2, 0.25) is 0 Å². The van der Waals surface area contributed by atoms with Gasteiger partial charge in [0.05, 0.1) is 23.6 Å². The van der Waals surface area contributed by atoms with Crippen LogP contribution < -0.4 is 16.6 Å². The van der Waals surface area contributed by atoms with E-state index in [4.69, 9.17) is 0 Å². The number of hydrogen-bond acceptors (Lipinski definition) is 5. The summed E-state index contributed by atoms with van der Waals surface area (Å²) >= 11 is 0. The molecule has 2 aromatic heterocycles. The van der Waals surface area contributed by atoms with Crippen molar-refractivity contribution in [3.05, 3.63) is 51.3 Å². The Labute approximate surface area is 103 Å². The summed E-state index contributed by atoms with van der Waals surface area (Å²) in [5.41, 5.74) is 0.575. The zero-order valence-corrected chi connectivity index (χ0v) is 10.1. The van der Waals surface area contributed by atoms with Gasteiger partial charge in [0.1, 0.15) is 6.33 Å². The maximum absolute atomic E-state index is 11.8.